The molecule has 0 aromatic heterocycles. The lowest BCUT2D eigenvalue weighted by molar-refractivity contribution is 0.0979. The van der Waals surface area contributed by atoms with Crippen molar-refractivity contribution in [3.8, 4) is 22.3 Å². The second-order valence-corrected chi connectivity index (χ2v) is 18.4. The Hall–Kier alpha value is -9.66. The summed E-state index contributed by atoms with van der Waals surface area (Å²) in [4.78, 5) is 83.9. The SMILES string of the molecule is O=C1c2ccccc2C(=O)c2c(Nc3ccc4c(c3)C(=O)c3ccc5c6ccc7c8c(ccc(c9ccc-4c3c59)c86)-c3ccc(Nc4cccc5c4C(=O)c4ccccc4C5=O)cc3C7=O)cccc21. The molecule has 2 N–H and O–H groups in total. The lowest BCUT2D eigenvalue weighted by Gasteiger charge is -2.26. The third-order valence-electron chi connectivity index (χ3n) is 15.0. The molecule has 0 radical (unpaired) electrons. The third kappa shape index (κ3) is 4.88. The summed E-state index contributed by atoms with van der Waals surface area (Å²) in [5.74, 6) is -1.10. The van der Waals surface area contributed by atoms with Crippen LogP contribution in [0.1, 0.15) is 95.5 Å². The van der Waals surface area contributed by atoms with Gasteiger partial charge in [0.05, 0.1) is 22.5 Å². The van der Waals surface area contributed by atoms with E-state index in [1.54, 1.807) is 84.9 Å². The standard InChI is InChI=1S/C62H30N2O6/c65-57-39-7-1-3-9-41(39)61(69)55-43(57)11-5-13-49(55)63-29-15-17-31-33-19-21-35-36-22-20-34-32-18-16-30(64-50-14-6-12-44-56(50)62(70)42-10-4-2-8-40(42)58(44)66)28-48(32)60(68)46-26-24-38(52(36)54(34)46)37-23-25-45(53(33)51(35)37)59(67)47(31)27-29/h1-28,63-64H. The van der Waals surface area contributed by atoms with Gasteiger partial charge in [-0.25, -0.2) is 0 Å². The maximum absolute atomic E-state index is 14.7. The van der Waals surface area contributed by atoms with Crippen molar-refractivity contribution in [2.75, 3.05) is 10.6 Å². The summed E-state index contributed by atoms with van der Waals surface area (Å²) < 4.78 is 0. The van der Waals surface area contributed by atoms with E-state index in [9.17, 15) is 28.8 Å². The van der Waals surface area contributed by atoms with Crippen LogP contribution in [0.25, 0.3) is 65.3 Å². The van der Waals surface area contributed by atoms with E-state index >= 15 is 0 Å². The highest BCUT2D eigenvalue weighted by molar-refractivity contribution is 6.42. The number of hydrogen-bond acceptors (Lipinski definition) is 8. The number of ketones is 6. The van der Waals surface area contributed by atoms with E-state index in [1.807, 2.05) is 60.7 Å². The molecule has 0 saturated heterocycles. The Bertz CT molecular complexity index is 4120. The lowest BCUT2D eigenvalue weighted by atomic mass is 9.76. The van der Waals surface area contributed by atoms with Gasteiger partial charge in [0.2, 0.25) is 0 Å². The van der Waals surface area contributed by atoms with Gasteiger partial charge in [0, 0.05) is 77.8 Å². The maximum Gasteiger partial charge on any atom is 0.196 e. The summed E-state index contributed by atoms with van der Waals surface area (Å²) in [5.41, 5.74) is 10.7. The van der Waals surface area contributed by atoms with E-state index in [0.717, 1.165) is 65.3 Å². The van der Waals surface area contributed by atoms with E-state index in [4.69, 9.17) is 0 Å². The quantitative estimate of drug-likeness (QED) is 0.132. The fourth-order valence-corrected chi connectivity index (χ4v) is 11.9. The molecule has 15 rings (SSSR count). The van der Waals surface area contributed by atoms with Gasteiger partial charge in [-0.1, -0.05) is 121 Å². The monoisotopic (exact) mass is 898 g/mol. The molecule has 11 aromatic carbocycles. The van der Waals surface area contributed by atoms with Crippen LogP contribution >= 0.6 is 0 Å². The highest BCUT2D eigenvalue weighted by atomic mass is 16.2. The van der Waals surface area contributed by atoms with E-state index < -0.39 is 0 Å². The maximum atomic E-state index is 14.7. The van der Waals surface area contributed by atoms with Crippen LogP contribution in [0.2, 0.25) is 0 Å². The molecule has 8 nitrogen and oxygen atoms in total. The van der Waals surface area contributed by atoms with E-state index in [1.165, 1.54) is 0 Å². The van der Waals surface area contributed by atoms with Crippen LogP contribution in [-0.2, 0) is 0 Å². The van der Waals surface area contributed by atoms with E-state index in [-0.39, 0.29) is 34.7 Å². The predicted molar refractivity (Wildman–Crippen MR) is 271 cm³/mol. The molecule has 4 aliphatic carbocycles. The van der Waals surface area contributed by atoms with Crippen LogP contribution in [0.4, 0.5) is 22.7 Å². The van der Waals surface area contributed by atoms with Crippen LogP contribution < -0.4 is 10.6 Å². The van der Waals surface area contributed by atoms with Crippen LogP contribution in [-0.4, -0.2) is 34.7 Å². The van der Waals surface area contributed by atoms with Crippen molar-refractivity contribution in [1.29, 1.82) is 0 Å². The number of benzene rings is 11. The van der Waals surface area contributed by atoms with Crippen molar-refractivity contribution in [1.82, 2.24) is 0 Å². The summed E-state index contributed by atoms with van der Waals surface area (Å²) in [6, 6.07) is 51.8. The molecule has 0 spiro atoms. The molecule has 324 valence electrons. The number of nitrogens with one attached hydrogen (secondary N) is 2. The Morgan fingerprint density at radius 1 is 0.229 bits per heavy atom. The summed E-state index contributed by atoms with van der Waals surface area (Å²) in [5, 5.41) is 14.4. The molecule has 0 amide bonds. The highest BCUT2D eigenvalue weighted by Crippen LogP contribution is 2.51. The van der Waals surface area contributed by atoms with Gasteiger partial charge in [-0.2, -0.15) is 0 Å². The molecule has 0 atom stereocenters. The molecule has 0 bridgehead atoms. The van der Waals surface area contributed by atoms with Crippen molar-refractivity contribution < 1.29 is 28.8 Å². The smallest absolute Gasteiger partial charge is 0.196 e. The summed E-state index contributed by atoms with van der Waals surface area (Å²) >= 11 is 0. The van der Waals surface area contributed by atoms with E-state index in [0.29, 0.717) is 89.5 Å². The fraction of sp³-hybridized carbons (Fsp3) is 0. The summed E-state index contributed by atoms with van der Waals surface area (Å²) in [7, 11) is 0. The number of carbonyl (C=O) groups is 6. The van der Waals surface area contributed by atoms with Gasteiger partial charge in [0.25, 0.3) is 0 Å². The number of carbonyl (C=O) groups excluding carboxylic acids is 6. The third-order valence-corrected chi connectivity index (χ3v) is 15.0. The zero-order valence-electron chi connectivity index (χ0n) is 36.6. The fourth-order valence-electron chi connectivity index (χ4n) is 11.9. The van der Waals surface area contributed by atoms with Gasteiger partial charge in [0.1, 0.15) is 0 Å². The van der Waals surface area contributed by atoms with Crippen LogP contribution in [0.5, 0.6) is 0 Å². The largest absolute Gasteiger partial charge is 0.355 e. The van der Waals surface area contributed by atoms with Gasteiger partial charge in [0.15, 0.2) is 34.7 Å². The molecular weight excluding hydrogens is 869 g/mol. The van der Waals surface area contributed by atoms with Crippen molar-refractivity contribution >= 4 is 101 Å². The van der Waals surface area contributed by atoms with Crippen molar-refractivity contribution in [2.24, 2.45) is 0 Å². The molecule has 0 fully saturated rings. The molecule has 0 unspecified atom stereocenters. The molecule has 0 saturated carbocycles. The normalized spacial score (nSPS) is 13.9. The Labute approximate surface area is 397 Å². The second-order valence-electron chi connectivity index (χ2n) is 18.4. The minimum atomic E-state index is -0.230. The highest BCUT2D eigenvalue weighted by Gasteiger charge is 2.35. The molecule has 70 heavy (non-hydrogen) atoms. The van der Waals surface area contributed by atoms with Gasteiger partial charge in [-0.05, 0) is 103 Å². The molecular formula is C62H30N2O6. The van der Waals surface area contributed by atoms with Crippen molar-refractivity contribution in [3.63, 3.8) is 0 Å². The first kappa shape index (κ1) is 38.4. The minimum Gasteiger partial charge on any atom is -0.355 e. The average Bonchev–Trinajstić information content (AvgIpc) is 3.40. The summed E-state index contributed by atoms with van der Waals surface area (Å²) in [6.07, 6.45) is 0. The Morgan fingerprint density at radius 2 is 0.557 bits per heavy atom. The minimum absolute atomic E-state index is 0.116. The molecule has 4 aliphatic rings. The molecule has 11 aromatic rings. The van der Waals surface area contributed by atoms with Gasteiger partial charge >= 0.3 is 0 Å². The predicted octanol–water partition coefficient (Wildman–Crippen LogP) is 13.2. The van der Waals surface area contributed by atoms with Crippen molar-refractivity contribution in [2.45, 2.75) is 0 Å². The molecule has 0 aliphatic heterocycles. The van der Waals surface area contributed by atoms with Gasteiger partial charge < -0.3 is 10.6 Å². The number of fused-ring (bicyclic) bond motifs is 10. The molecule has 0 heterocycles. The van der Waals surface area contributed by atoms with Crippen LogP contribution in [0.3, 0.4) is 0 Å². The average molecular weight is 899 g/mol. The Morgan fingerprint density at radius 3 is 0.957 bits per heavy atom. The zero-order chi connectivity index (χ0) is 46.8. The number of anilines is 4. The van der Waals surface area contributed by atoms with Crippen LogP contribution in [0.15, 0.2) is 170 Å². The first-order valence-corrected chi connectivity index (χ1v) is 23.0. The first-order valence-electron chi connectivity index (χ1n) is 23.0. The lowest BCUT2D eigenvalue weighted by Crippen LogP contribution is -2.22. The van der Waals surface area contributed by atoms with Crippen molar-refractivity contribution in [3.05, 3.63) is 237 Å². The second kappa shape index (κ2) is 13.5. The number of rotatable bonds is 4. The Balaban J connectivity index is 0.817. The zero-order valence-corrected chi connectivity index (χ0v) is 36.6. The van der Waals surface area contributed by atoms with Crippen LogP contribution in [0, 0.1) is 0 Å². The Kier molecular flexibility index (Phi) is 7.41. The van der Waals surface area contributed by atoms with Gasteiger partial charge in [-0.15, -0.1) is 0 Å². The molecule has 8 heteroatoms. The van der Waals surface area contributed by atoms with Gasteiger partial charge in [-0.3, -0.25) is 28.8 Å². The topological polar surface area (TPSA) is 126 Å². The number of hydrogen-bond donors (Lipinski definition) is 2. The first-order chi connectivity index (χ1) is 34.2. The van der Waals surface area contributed by atoms with E-state index in [2.05, 4.69) is 34.9 Å². The summed E-state index contributed by atoms with van der Waals surface area (Å²) in [6.45, 7) is 0.